The number of hydrogen-bond donors (Lipinski definition) is 1. The SMILES string of the molecule is Cc1ccc(S(=O)(=O)Cc2ccc(C(=O)Nc3ccc(Cl)c(Cl)c3)cc2)cc1. The summed E-state index contributed by atoms with van der Waals surface area (Å²) >= 11 is 11.8. The van der Waals surface area contributed by atoms with Gasteiger partial charge in [-0.05, 0) is 55.0 Å². The van der Waals surface area contributed by atoms with E-state index >= 15 is 0 Å². The van der Waals surface area contributed by atoms with Gasteiger partial charge in [0.25, 0.3) is 5.91 Å². The molecule has 0 aliphatic carbocycles. The highest BCUT2D eigenvalue weighted by atomic mass is 35.5. The van der Waals surface area contributed by atoms with E-state index in [1.165, 1.54) is 0 Å². The standard InChI is InChI=1S/C21H17Cl2NO3S/c1-14-2-9-18(10-3-14)28(26,27)13-15-4-6-16(7-5-15)21(25)24-17-8-11-19(22)20(23)12-17/h2-12H,13H2,1H3,(H,24,25). The maximum atomic E-state index is 12.5. The summed E-state index contributed by atoms with van der Waals surface area (Å²) in [6, 6.07) is 18.0. The van der Waals surface area contributed by atoms with Crippen LogP contribution in [0.2, 0.25) is 10.0 Å². The van der Waals surface area contributed by atoms with Crippen LogP contribution < -0.4 is 5.32 Å². The number of carbonyl (C=O) groups is 1. The lowest BCUT2D eigenvalue weighted by atomic mass is 10.1. The van der Waals surface area contributed by atoms with Crippen LogP contribution >= 0.6 is 23.2 Å². The Bertz CT molecular complexity index is 1110. The molecule has 0 atom stereocenters. The zero-order valence-corrected chi connectivity index (χ0v) is 17.3. The third-order valence-electron chi connectivity index (χ3n) is 4.13. The van der Waals surface area contributed by atoms with Gasteiger partial charge in [0, 0.05) is 11.3 Å². The van der Waals surface area contributed by atoms with Gasteiger partial charge >= 0.3 is 0 Å². The minimum Gasteiger partial charge on any atom is -0.322 e. The van der Waals surface area contributed by atoms with Crippen LogP contribution in [0.15, 0.2) is 71.6 Å². The molecule has 3 rings (SSSR count). The van der Waals surface area contributed by atoms with Crippen molar-refractivity contribution < 1.29 is 13.2 Å². The molecule has 1 N–H and O–H groups in total. The second-order valence-electron chi connectivity index (χ2n) is 6.35. The monoisotopic (exact) mass is 433 g/mol. The Morgan fingerprint density at radius 2 is 1.54 bits per heavy atom. The molecule has 0 spiro atoms. The Labute approximate surface area is 174 Å². The van der Waals surface area contributed by atoms with Gasteiger partial charge in [-0.1, -0.05) is 53.0 Å². The van der Waals surface area contributed by atoms with Gasteiger partial charge in [-0.2, -0.15) is 0 Å². The molecule has 3 aromatic rings. The van der Waals surface area contributed by atoms with Crippen LogP contribution in [0, 0.1) is 6.92 Å². The van der Waals surface area contributed by atoms with Crippen molar-refractivity contribution in [3.05, 3.63) is 93.5 Å². The Morgan fingerprint density at radius 3 is 2.14 bits per heavy atom. The fraction of sp³-hybridized carbons (Fsp3) is 0.0952. The first-order valence-corrected chi connectivity index (χ1v) is 10.8. The van der Waals surface area contributed by atoms with Gasteiger partial charge in [0.15, 0.2) is 9.84 Å². The van der Waals surface area contributed by atoms with Crippen molar-refractivity contribution in [2.45, 2.75) is 17.6 Å². The van der Waals surface area contributed by atoms with Gasteiger partial charge in [-0.25, -0.2) is 8.42 Å². The molecule has 0 aliphatic rings. The van der Waals surface area contributed by atoms with E-state index in [2.05, 4.69) is 5.32 Å². The second kappa shape index (κ2) is 8.35. The number of rotatable bonds is 5. The van der Waals surface area contributed by atoms with Crippen LogP contribution in [0.4, 0.5) is 5.69 Å². The van der Waals surface area contributed by atoms with E-state index in [0.29, 0.717) is 26.9 Å². The predicted molar refractivity (Wildman–Crippen MR) is 113 cm³/mol. The van der Waals surface area contributed by atoms with E-state index in [9.17, 15) is 13.2 Å². The first-order valence-electron chi connectivity index (χ1n) is 8.39. The molecule has 144 valence electrons. The lowest BCUT2D eigenvalue weighted by Crippen LogP contribution is -2.12. The summed E-state index contributed by atoms with van der Waals surface area (Å²) in [5.41, 5.74) is 2.52. The average molecular weight is 434 g/mol. The molecule has 0 unspecified atom stereocenters. The molecule has 0 radical (unpaired) electrons. The number of benzene rings is 3. The molecule has 28 heavy (non-hydrogen) atoms. The van der Waals surface area contributed by atoms with Crippen LogP contribution in [-0.4, -0.2) is 14.3 Å². The molecule has 0 heterocycles. The minimum atomic E-state index is -3.45. The van der Waals surface area contributed by atoms with Crippen molar-refractivity contribution in [1.29, 1.82) is 0 Å². The molecule has 0 bridgehead atoms. The van der Waals surface area contributed by atoms with Crippen LogP contribution in [0.1, 0.15) is 21.5 Å². The molecule has 0 fully saturated rings. The second-order valence-corrected chi connectivity index (χ2v) is 9.16. The normalized spacial score (nSPS) is 11.2. The van der Waals surface area contributed by atoms with Crippen LogP contribution in [0.25, 0.3) is 0 Å². The number of anilines is 1. The van der Waals surface area contributed by atoms with E-state index in [-0.39, 0.29) is 16.6 Å². The van der Waals surface area contributed by atoms with Crippen LogP contribution in [0.5, 0.6) is 0 Å². The Morgan fingerprint density at radius 1 is 0.893 bits per heavy atom. The van der Waals surface area contributed by atoms with Gasteiger partial charge in [0.1, 0.15) is 0 Å². The summed E-state index contributed by atoms with van der Waals surface area (Å²) in [5.74, 6) is -0.462. The first-order chi connectivity index (χ1) is 13.2. The maximum absolute atomic E-state index is 12.5. The third kappa shape index (κ3) is 4.93. The molecule has 1 amide bonds. The topological polar surface area (TPSA) is 63.2 Å². The van der Waals surface area contributed by atoms with Crippen LogP contribution in [0.3, 0.4) is 0 Å². The van der Waals surface area contributed by atoms with Gasteiger partial charge < -0.3 is 5.32 Å². The smallest absolute Gasteiger partial charge is 0.255 e. The molecule has 3 aromatic carbocycles. The zero-order chi connectivity index (χ0) is 20.3. The maximum Gasteiger partial charge on any atom is 0.255 e. The number of carbonyl (C=O) groups excluding carboxylic acids is 1. The minimum absolute atomic E-state index is 0.134. The van der Waals surface area contributed by atoms with E-state index in [0.717, 1.165) is 5.56 Å². The van der Waals surface area contributed by atoms with Gasteiger partial charge in [-0.3, -0.25) is 4.79 Å². The average Bonchev–Trinajstić information content (AvgIpc) is 2.65. The lowest BCUT2D eigenvalue weighted by molar-refractivity contribution is 0.102. The largest absolute Gasteiger partial charge is 0.322 e. The number of halogens is 2. The molecule has 0 saturated carbocycles. The van der Waals surface area contributed by atoms with Crippen molar-refractivity contribution in [2.24, 2.45) is 0 Å². The summed E-state index contributed by atoms with van der Waals surface area (Å²) in [7, 11) is -3.45. The summed E-state index contributed by atoms with van der Waals surface area (Å²) < 4.78 is 25.1. The van der Waals surface area contributed by atoms with Crippen molar-refractivity contribution in [2.75, 3.05) is 5.32 Å². The molecule has 7 heteroatoms. The number of nitrogens with one attached hydrogen (secondary N) is 1. The highest BCUT2D eigenvalue weighted by molar-refractivity contribution is 7.90. The number of hydrogen-bond acceptors (Lipinski definition) is 3. The summed E-state index contributed by atoms with van der Waals surface area (Å²) in [6.45, 7) is 1.90. The van der Waals surface area contributed by atoms with Gasteiger partial charge in [0.05, 0.1) is 20.7 Å². The van der Waals surface area contributed by atoms with E-state index < -0.39 is 9.84 Å². The molecule has 0 saturated heterocycles. The van der Waals surface area contributed by atoms with Crippen molar-refractivity contribution in [1.82, 2.24) is 0 Å². The first kappa shape index (κ1) is 20.4. The highest BCUT2D eigenvalue weighted by Crippen LogP contribution is 2.25. The Hall–Kier alpha value is -2.34. The fourth-order valence-electron chi connectivity index (χ4n) is 2.58. The van der Waals surface area contributed by atoms with Crippen molar-refractivity contribution in [3.63, 3.8) is 0 Å². The van der Waals surface area contributed by atoms with E-state index in [1.807, 2.05) is 6.92 Å². The predicted octanol–water partition coefficient (Wildman–Crippen LogP) is 5.53. The zero-order valence-electron chi connectivity index (χ0n) is 14.9. The van der Waals surface area contributed by atoms with Gasteiger partial charge in [0.2, 0.25) is 0 Å². The third-order valence-corrected chi connectivity index (χ3v) is 6.57. The summed E-state index contributed by atoms with van der Waals surface area (Å²) in [4.78, 5) is 12.6. The van der Waals surface area contributed by atoms with Crippen LogP contribution in [-0.2, 0) is 15.6 Å². The van der Waals surface area contributed by atoms with E-state index in [1.54, 1.807) is 66.7 Å². The summed E-state index contributed by atoms with van der Waals surface area (Å²) in [6.07, 6.45) is 0. The molecule has 0 aromatic heterocycles. The van der Waals surface area contributed by atoms with Crippen molar-refractivity contribution in [3.8, 4) is 0 Å². The molecular weight excluding hydrogens is 417 g/mol. The fourth-order valence-corrected chi connectivity index (χ4v) is 4.22. The molecule has 0 aliphatic heterocycles. The number of aryl methyl sites for hydroxylation is 1. The Kier molecular flexibility index (Phi) is 6.08. The Balaban J connectivity index is 1.71. The molecular formula is C21H17Cl2NO3S. The quantitative estimate of drug-likeness (QED) is 0.575. The molecule has 4 nitrogen and oxygen atoms in total. The number of sulfone groups is 1. The highest BCUT2D eigenvalue weighted by Gasteiger charge is 2.16. The lowest BCUT2D eigenvalue weighted by Gasteiger charge is -2.08. The van der Waals surface area contributed by atoms with E-state index in [4.69, 9.17) is 23.2 Å². The summed E-state index contributed by atoms with van der Waals surface area (Å²) in [5, 5.41) is 3.47. The van der Waals surface area contributed by atoms with Gasteiger partial charge in [-0.15, -0.1) is 0 Å². The number of amides is 1. The van der Waals surface area contributed by atoms with Crippen molar-refractivity contribution >= 4 is 44.6 Å².